The second-order valence-corrected chi connectivity index (χ2v) is 8.38. The standard InChI is InChI=1S/C19H26N4O2/c24-16(7-13-1-2-13)23-6-5-19(11-23)12-25-10-15-9-21-18(22-17(15)19)20-8-14-3-4-14/h9,13-14H,1-8,10-12H2,(H,20,21,22)/t19-/m0/s1. The van der Waals surface area contributed by atoms with E-state index in [4.69, 9.17) is 9.72 Å². The van der Waals surface area contributed by atoms with E-state index in [-0.39, 0.29) is 5.41 Å². The SMILES string of the molecule is O=C(CC1CC1)N1CC[C@@]2(COCc3cnc(NCC4CC4)nc32)C1. The maximum absolute atomic E-state index is 12.5. The Labute approximate surface area is 148 Å². The molecule has 6 heteroatoms. The van der Waals surface area contributed by atoms with Gasteiger partial charge in [0, 0.05) is 37.8 Å². The predicted octanol–water partition coefficient (Wildman–Crippen LogP) is 2.10. The van der Waals surface area contributed by atoms with Crippen molar-refractivity contribution in [1.82, 2.24) is 14.9 Å². The molecule has 1 N–H and O–H groups in total. The van der Waals surface area contributed by atoms with Crippen molar-refractivity contribution in [3.63, 3.8) is 0 Å². The molecule has 1 amide bonds. The van der Waals surface area contributed by atoms with Gasteiger partial charge in [-0.2, -0.15) is 0 Å². The molecule has 3 heterocycles. The molecule has 1 saturated heterocycles. The number of hydrogen-bond acceptors (Lipinski definition) is 5. The lowest BCUT2D eigenvalue weighted by molar-refractivity contribution is -0.130. The number of anilines is 1. The Balaban J connectivity index is 1.35. The third-order valence-corrected chi connectivity index (χ3v) is 6.12. The summed E-state index contributed by atoms with van der Waals surface area (Å²) in [5.74, 6) is 2.47. The highest BCUT2D eigenvalue weighted by Crippen LogP contribution is 2.40. The normalized spacial score (nSPS) is 28.2. The second-order valence-electron chi connectivity index (χ2n) is 8.38. The van der Waals surface area contributed by atoms with Crippen LogP contribution >= 0.6 is 0 Å². The van der Waals surface area contributed by atoms with Crippen LogP contribution in [-0.4, -0.2) is 47.0 Å². The summed E-state index contributed by atoms with van der Waals surface area (Å²) in [5.41, 5.74) is 2.04. The zero-order valence-electron chi connectivity index (χ0n) is 14.7. The fraction of sp³-hybridized carbons (Fsp3) is 0.737. The Bertz CT molecular complexity index is 686. The number of hydrogen-bond donors (Lipinski definition) is 1. The average Bonchev–Trinajstić information content (AvgIpc) is 3.55. The molecule has 3 fully saturated rings. The van der Waals surface area contributed by atoms with Crippen LogP contribution in [0.5, 0.6) is 0 Å². The van der Waals surface area contributed by atoms with Gasteiger partial charge in [0.05, 0.1) is 24.3 Å². The summed E-state index contributed by atoms with van der Waals surface area (Å²) in [6, 6.07) is 0. The van der Waals surface area contributed by atoms with Gasteiger partial charge in [0.1, 0.15) is 0 Å². The van der Waals surface area contributed by atoms with E-state index < -0.39 is 0 Å². The van der Waals surface area contributed by atoms with Gasteiger partial charge >= 0.3 is 0 Å². The predicted molar refractivity (Wildman–Crippen MR) is 93.1 cm³/mol. The van der Waals surface area contributed by atoms with Gasteiger partial charge in [-0.15, -0.1) is 0 Å². The Morgan fingerprint density at radius 1 is 1.32 bits per heavy atom. The number of nitrogens with zero attached hydrogens (tertiary/aromatic N) is 3. The van der Waals surface area contributed by atoms with Gasteiger partial charge in [-0.05, 0) is 43.9 Å². The van der Waals surface area contributed by atoms with Crippen molar-refractivity contribution in [2.24, 2.45) is 11.8 Å². The lowest BCUT2D eigenvalue weighted by Gasteiger charge is -2.34. The van der Waals surface area contributed by atoms with Crippen molar-refractivity contribution < 1.29 is 9.53 Å². The number of carbonyl (C=O) groups excluding carboxylic acids is 1. The molecule has 5 rings (SSSR count). The molecule has 2 aliphatic heterocycles. The molecule has 1 atom stereocenters. The molecule has 134 valence electrons. The van der Waals surface area contributed by atoms with Crippen molar-refractivity contribution in [3.8, 4) is 0 Å². The van der Waals surface area contributed by atoms with Crippen LogP contribution in [0.1, 0.15) is 49.8 Å². The van der Waals surface area contributed by atoms with Gasteiger partial charge in [0.15, 0.2) is 0 Å². The number of ether oxygens (including phenoxy) is 1. The molecular weight excluding hydrogens is 316 g/mol. The van der Waals surface area contributed by atoms with E-state index >= 15 is 0 Å². The number of carbonyl (C=O) groups is 1. The highest BCUT2D eigenvalue weighted by atomic mass is 16.5. The van der Waals surface area contributed by atoms with Crippen LogP contribution in [0.2, 0.25) is 0 Å². The van der Waals surface area contributed by atoms with Crippen LogP contribution in [0.15, 0.2) is 6.20 Å². The minimum atomic E-state index is -0.147. The first-order valence-electron chi connectivity index (χ1n) is 9.68. The maximum Gasteiger partial charge on any atom is 0.222 e. The van der Waals surface area contributed by atoms with Gasteiger partial charge in [0.25, 0.3) is 0 Å². The molecule has 25 heavy (non-hydrogen) atoms. The van der Waals surface area contributed by atoms with E-state index in [9.17, 15) is 4.79 Å². The van der Waals surface area contributed by atoms with Gasteiger partial charge in [-0.3, -0.25) is 4.79 Å². The lowest BCUT2D eigenvalue weighted by Crippen LogP contribution is -2.41. The second kappa shape index (κ2) is 5.94. The van der Waals surface area contributed by atoms with Crippen LogP contribution in [0.25, 0.3) is 0 Å². The number of nitrogens with one attached hydrogen (secondary N) is 1. The van der Waals surface area contributed by atoms with Crippen LogP contribution < -0.4 is 5.32 Å². The van der Waals surface area contributed by atoms with Gasteiger partial charge < -0.3 is 15.0 Å². The summed E-state index contributed by atoms with van der Waals surface area (Å²) in [4.78, 5) is 23.9. The van der Waals surface area contributed by atoms with E-state index in [0.717, 1.165) is 55.6 Å². The number of rotatable bonds is 5. The molecule has 0 bridgehead atoms. The summed E-state index contributed by atoms with van der Waals surface area (Å²) in [5, 5.41) is 3.39. The number of amides is 1. The highest BCUT2D eigenvalue weighted by Gasteiger charge is 2.46. The van der Waals surface area contributed by atoms with Crippen LogP contribution in [0.3, 0.4) is 0 Å². The van der Waals surface area contributed by atoms with Crippen molar-refractivity contribution >= 4 is 11.9 Å². The maximum atomic E-state index is 12.5. The topological polar surface area (TPSA) is 67.4 Å². The molecule has 2 saturated carbocycles. The minimum Gasteiger partial charge on any atom is -0.376 e. The van der Waals surface area contributed by atoms with E-state index in [1.807, 2.05) is 11.1 Å². The third-order valence-electron chi connectivity index (χ3n) is 6.12. The molecule has 1 aromatic heterocycles. The summed E-state index contributed by atoms with van der Waals surface area (Å²) in [6.45, 7) is 3.77. The van der Waals surface area contributed by atoms with Crippen LogP contribution in [0.4, 0.5) is 5.95 Å². The van der Waals surface area contributed by atoms with E-state index in [1.54, 1.807) is 0 Å². The van der Waals surface area contributed by atoms with Crippen molar-refractivity contribution in [2.45, 2.75) is 50.5 Å². The zero-order chi connectivity index (χ0) is 16.9. The van der Waals surface area contributed by atoms with Gasteiger partial charge in [0.2, 0.25) is 11.9 Å². The van der Waals surface area contributed by atoms with Gasteiger partial charge in [-0.1, -0.05) is 0 Å². The van der Waals surface area contributed by atoms with Crippen molar-refractivity contribution in [2.75, 3.05) is 31.6 Å². The van der Waals surface area contributed by atoms with Gasteiger partial charge in [-0.25, -0.2) is 9.97 Å². The first-order chi connectivity index (χ1) is 12.2. The van der Waals surface area contributed by atoms with Crippen LogP contribution in [-0.2, 0) is 21.6 Å². The minimum absolute atomic E-state index is 0.147. The summed E-state index contributed by atoms with van der Waals surface area (Å²) < 4.78 is 5.86. The number of aromatic nitrogens is 2. The number of fused-ring (bicyclic) bond motifs is 2. The molecular formula is C19H26N4O2. The molecule has 0 aromatic carbocycles. The Hall–Kier alpha value is -1.69. The average molecular weight is 342 g/mol. The third kappa shape index (κ3) is 3.12. The van der Waals surface area contributed by atoms with E-state index in [1.165, 1.54) is 25.7 Å². The number of likely N-dealkylation sites (tertiary alicyclic amines) is 1. The fourth-order valence-electron chi connectivity index (χ4n) is 4.13. The fourth-order valence-corrected chi connectivity index (χ4v) is 4.13. The largest absolute Gasteiger partial charge is 0.376 e. The first kappa shape index (κ1) is 15.6. The summed E-state index contributed by atoms with van der Waals surface area (Å²) >= 11 is 0. The monoisotopic (exact) mass is 342 g/mol. The summed E-state index contributed by atoms with van der Waals surface area (Å²) in [6.07, 6.45) is 8.64. The smallest absolute Gasteiger partial charge is 0.222 e. The quantitative estimate of drug-likeness (QED) is 0.887. The van der Waals surface area contributed by atoms with E-state index in [2.05, 4.69) is 10.3 Å². The van der Waals surface area contributed by atoms with Crippen molar-refractivity contribution in [3.05, 3.63) is 17.5 Å². The molecule has 6 nitrogen and oxygen atoms in total. The lowest BCUT2D eigenvalue weighted by atomic mass is 9.80. The Morgan fingerprint density at radius 2 is 2.16 bits per heavy atom. The highest BCUT2D eigenvalue weighted by molar-refractivity contribution is 5.77. The molecule has 0 radical (unpaired) electrons. The molecule has 4 aliphatic rings. The molecule has 0 unspecified atom stereocenters. The zero-order valence-corrected chi connectivity index (χ0v) is 14.7. The molecule has 2 aliphatic carbocycles. The first-order valence-corrected chi connectivity index (χ1v) is 9.68. The molecule has 1 spiro atoms. The Morgan fingerprint density at radius 3 is 2.96 bits per heavy atom. The van der Waals surface area contributed by atoms with E-state index in [0.29, 0.717) is 25.0 Å². The van der Waals surface area contributed by atoms with Crippen molar-refractivity contribution in [1.29, 1.82) is 0 Å². The van der Waals surface area contributed by atoms with Crippen LogP contribution in [0, 0.1) is 11.8 Å². The summed E-state index contributed by atoms with van der Waals surface area (Å²) in [7, 11) is 0. The Kier molecular flexibility index (Phi) is 3.69. The molecule has 1 aromatic rings.